The minimum atomic E-state index is -1.17. The SMILES string of the molecule is CN(c1ccc(-c2c(O)cc(-c3cnn(C)c3)c(F)c2F)nn1)[C@H]1C[C@]2(C)CCC[C@](C)(C1)N2. The van der Waals surface area contributed by atoms with Gasteiger partial charge in [0.25, 0.3) is 0 Å². The monoisotopic (exact) mass is 468 g/mol. The van der Waals surface area contributed by atoms with Crippen molar-refractivity contribution in [2.75, 3.05) is 11.9 Å². The Kier molecular flexibility index (Phi) is 5.35. The van der Waals surface area contributed by atoms with E-state index in [0.29, 0.717) is 11.4 Å². The summed E-state index contributed by atoms with van der Waals surface area (Å²) in [6, 6.07) is 4.81. The van der Waals surface area contributed by atoms with E-state index in [4.69, 9.17) is 0 Å². The van der Waals surface area contributed by atoms with Gasteiger partial charge in [-0.1, -0.05) is 0 Å². The summed E-state index contributed by atoms with van der Waals surface area (Å²) in [4.78, 5) is 2.13. The number of nitrogens with one attached hydrogen (secondary N) is 1. The fourth-order valence-corrected chi connectivity index (χ4v) is 5.88. The van der Waals surface area contributed by atoms with Crippen LogP contribution < -0.4 is 10.2 Å². The standard InChI is InChI=1S/C25H30F2N6O/c1-24-8-5-9-25(2,31-24)12-16(11-24)33(4)20-7-6-18(29-30-20)21-19(34)10-17(22(26)23(21)27)15-13-28-32(3)14-15/h6-7,10,13-14,16,31,34H,5,8-9,11-12H2,1-4H3/t16-,24-,25+. The lowest BCUT2D eigenvalue weighted by Gasteiger charge is -2.55. The van der Waals surface area contributed by atoms with Gasteiger partial charge in [0.2, 0.25) is 0 Å². The molecule has 9 heteroatoms. The molecule has 5 rings (SSSR count). The summed E-state index contributed by atoms with van der Waals surface area (Å²) in [5.74, 6) is -1.97. The van der Waals surface area contributed by atoms with Crippen LogP contribution in [0, 0.1) is 11.6 Å². The molecular formula is C25H30F2N6O. The Morgan fingerprint density at radius 2 is 1.82 bits per heavy atom. The highest BCUT2D eigenvalue weighted by molar-refractivity contribution is 5.75. The fourth-order valence-electron chi connectivity index (χ4n) is 5.88. The first-order chi connectivity index (χ1) is 16.1. The van der Waals surface area contributed by atoms with E-state index < -0.39 is 17.4 Å². The predicted octanol–water partition coefficient (Wildman–Crippen LogP) is 4.42. The van der Waals surface area contributed by atoms with Gasteiger partial charge in [-0.15, -0.1) is 10.2 Å². The van der Waals surface area contributed by atoms with Gasteiger partial charge in [-0.2, -0.15) is 5.10 Å². The van der Waals surface area contributed by atoms with Gasteiger partial charge >= 0.3 is 0 Å². The number of nitrogens with zero attached hydrogens (tertiary/aromatic N) is 5. The molecule has 34 heavy (non-hydrogen) atoms. The van der Waals surface area contributed by atoms with E-state index in [-0.39, 0.29) is 33.9 Å². The zero-order valence-electron chi connectivity index (χ0n) is 19.9. The smallest absolute Gasteiger partial charge is 0.172 e. The number of phenols is 1. The van der Waals surface area contributed by atoms with Gasteiger partial charge in [-0.25, -0.2) is 8.78 Å². The van der Waals surface area contributed by atoms with Crippen LogP contribution in [-0.2, 0) is 7.05 Å². The number of anilines is 1. The molecule has 3 aromatic rings. The average molecular weight is 469 g/mol. The molecule has 2 fully saturated rings. The van der Waals surface area contributed by atoms with Gasteiger partial charge in [0.1, 0.15) is 5.75 Å². The highest BCUT2D eigenvalue weighted by atomic mass is 19.2. The van der Waals surface area contributed by atoms with Gasteiger partial charge in [0, 0.05) is 48.5 Å². The van der Waals surface area contributed by atoms with Crippen molar-refractivity contribution < 1.29 is 13.9 Å². The minimum Gasteiger partial charge on any atom is -0.507 e. The second-order valence-corrected chi connectivity index (χ2v) is 10.4. The summed E-state index contributed by atoms with van der Waals surface area (Å²) < 4.78 is 31.4. The maximum Gasteiger partial charge on any atom is 0.172 e. The summed E-state index contributed by atoms with van der Waals surface area (Å²) in [5, 5.41) is 26.8. The summed E-state index contributed by atoms with van der Waals surface area (Å²) in [6.07, 6.45) is 8.50. The number of aryl methyl sites for hydroxylation is 1. The fraction of sp³-hybridized carbons (Fsp3) is 0.480. The van der Waals surface area contributed by atoms with Gasteiger partial charge in [0.05, 0.1) is 17.5 Å². The molecule has 0 radical (unpaired) electrons. The van der Waals surface area contributed by atoms with E-state index in [1.807, 2.05) is 7.05 Å². The zero-order chi connectivity index (χ0) is 24.3. The molecule has 2 aromatic heterocycles. The molecule has 2 saturated heterocycles. The second kappa shape index (κ2) is 8.01. The first kappa shape index (κ1) is 22.7. The number of rotatable bonds is 4. The van der Waals surface area contributed by atoms with E-state index in [1.54, 1.807) is 25.4 Å². The Hall–Kier alpha value is -3.07. The van der Waals surface area contributed by atoms with Gasteiger partial charge in [-0.05, 0) is 64.2 Å². The van der Waals surface area contributed by atoms with Crippen LogP contribution in [0.25, 0.3) is 22.4 Å². The number of halogens is 2. The van der Waals surface area contributed by atoms with Crippen molar-refractivity contribution in [1.29, 1.82) is 0 Å². The van der Waals surface area contributed by atoms with Crippen LogP contribution in [0.5, 0.6) is 5.75 Å². The molecule has 0 amide bonds. The highest BCUT2D eigenvalue weighted by Crippen LogP contribution is 2.42. The molecule has 2 bridgehead atoms. The van der Waals surface area contributed by atoms with Crippen LogP contribution in [-0.4, -0.2) is 49.3 Å². The second-order valence-electron chi connectivity index (χ2n) is 10.4. The zero-order valence-corrected chi connectivity index (χ0v) is 19.9. The first-order valence-corrected chi connectivity index (χ1v) is 11.6. The molecular weight excluding hydrogens is 438 g/mol. The number of hydrogen-bond acceptors (Lipinski definition) is 6. The van der Waals surface area contributed by atoms with Crippen LogP contribution in [0.1, 0.15) is 46.0 Å². The highest BCUT2D eigenvalue weighted by Gasteiger charge is 2.46. The molecule has 0 saturated carbocycles. The number of phenolic OH excluding ortho intramolecular Hbond substituents is 1. The van der Waals surface area contributed by atoms with Crippen LogP contribution in [0.2, 0.25) is 0 Å². The van der Waals surface area contributed by atoms with Crippen molar-refractivity contribution >= 4 is 5.82 Å². The summed E-state index contributed by atoms with van der Waals surface area (Å²) in [5.41, 5.74) is 0.278. The third-order valence-electron chi connectivity index (χ3n) is 7.45. The lowest BCUT2D eigenvalue weighted by atomic mass is 9.69. The first-order valence-electron chi connectivity index (χ1n) is 11.6. The van der Waals surface area contributed by atoms with Crippen molar-refractivity contribution in [3.8, 4) is 28.1 Å². The Morgan fingerprint density at radius 3 is 2.41 bits per heavy atom. The van der Waals surface area contributed by atoms with Crippen LogP contribution in [0.3, 0.4) is 0 Å². The summed E-state index contributed by atoms with van der Waals surface area (Å²) >= 11 is 0. The van der Waals surface area contributed by atoms with Crippen molar-refractivity contribution in [1.82, 2.24) is 25.3 Å². The predicted molar refractivity (Wildman–Crippen MR) is 126 cm³/mol. The van der Waals surface area contributed by atoms with Crippen molar-refractivity contribution in [3.63, 3.8) is 0 Å². The third kappa shape index (κ3) is 3.91. The Labute approximate surface area is 197 Å². The third-order valence-corrected chi connectivity index (χ3v) is 7.45. The topological polar surface area (TPSA) is 79.1 Å². The normalized spacial score (nSPS) is 26.5. The van der Waals surface area contributed by atoms with E-state index in [2.05, 4.69) is 39.4 Å². The van der Waals surface area contributed by atoms with Crippen LogP contribution >= 0.6 is 0 Å². The molecule has 0 unspecified atom stereocenters. The van der Waals surface area contributed by atoms with Crippen molar-refractivity contribution in [3.05, 3.63) is 42.2 Å². The number of fused-ring (bicyclic) bond motifs is 2. The van der Waals surface area contributed by atoms with Crippen molar-refractivity contribution in [2.45, 2.75) is 63.1 Å². The molecule has 2 aliphatic rings. The Bertz CT molecular complexity index is 1210. The van der Waals surface area contributed by atoms with Crippen LogP contribution in [0.4, 0.5) is 14.6 Å². The van der Waals surface area contributed by atoms with Gasteiger partial charge < -0.3 is 15.3 Å². The van der Waals surface area contributed by atoms with E-state index in [9.17, 15) is 9.50 Å². The number of hydrogen-bond donors (Lipinski definition) is 2. The largest absolute Gasteiger partial charge is 0.507 e. The molecule has 180 valence electrons. The van der Waals surface area contributed by atoms with E-state index in [0.717, 1.165) is 25.7 Å². The number of piperidine rings is 2. The van der Waals surface area contributed by atoms with E-state index in [1.165, 1.54) is 23.4 Å². The maximum atomic E-state index is 15.0. The van der Waals surface area contributed by atoms with Gasteiger partial charge in [0.15, 0.2) is 17.5 Å². The summed E-state index contributed by atoms with van der Waals surface area (Å²) in [7, 11) is 3.68. The number of benzene rings is 1. The molecule has 2 aliphatic heterocycles. The molecule has 1 aromatic carbocycles. The van der Waals surface area contributed by atoms with Gasteiger partial charge in [-0.3, -0.25) is 4.68 Å². The number of aromatic hydroxyl groups is 1. The Morgan fingerprint density at radius 1 is 1.12 bits per heavy atom. The maximum absolute atomic E-state index is 15.0. The molecule has 7 nitrogen and oxygen atoms in total. The lowest BCUT2D eigenvalue weighted by molar-refractivity contribution is 0.0784. The van der Waals surface area contributed by atoms with Crippen molar-refractivity contribution in [2.24, 2.45) is 7.05 Å². The minimum absolute atomic E-state index is 0.0605. The molecule has 0 spiro atoms. The summed E-state index contributed by atoms with van der Waals surface area (Å²) in [6.45, 7) is 4.57. The molecule has 0 aliphatic carbocycles. The molecule has 4 heterocycles. The Balaban J connectivity index is 1.42. The average Bonchev–Trinajstić information content (AvgIpc) is 3.21. The molecule has 3 atom stereocenters. The quantitative estimate of drug-likeness (QED) is 0.590. The lowest BCUT2D eigenvalue weighted by Crippen LogP contribution is -2.66. The van der Waals surface area contributed by atoms with Crippen LogP contribution in [0.15, 0.2) is 30.6 Å². The van der Waals surface area contributed by atoms with E-state index >= 15 is 4.39 Å². The molecule has 2 N–H and O–H groups in total. The number of aromatic nitrogens is 4.